The number of pyridine rings is 1. The standard InChI is InChI=1S/C22H22FN5O/c1-28-10-8-26-19(14-28)21(22(24)15-2-4-17(23)5-3-15)16-6-7-25-18(12-16)13-20-27-9-11-29-20/h2-7,9,11-12,24,26H,8,10,13-14H2,1H3/b21-19-,24-22?. The molecule has 1 saturated heterocycles. The monoisotopic (exact) mass is 391 g/mol. The summed E-state index contributed by atoms with van der Waals surface area (Å²) in [7, 11) is 2.06. The van der Waals surface area contributed by atoms with Gasteiger partial charge in [-0.05, 0) is 49.0 Å². The van der Waals surface area contributed by atoms with Crippen molar-refractivity contribution in [1.29, 1.82) is 5.41 Å². The van der Waals surface area contributed by atoms with Crippen LogP contribution in [0.4, 0.5) is 4.39 Å². The van der Waals surface area contributed by atoms with E-state index >= 15 is 0 Å². The van der Waals surface area contributed by atoms with Gasteiger partial charge in [-0.15, -0.1) is 0 Å². The number of piperazine rings is 1. The van der Waals surface area contributed by atoms with Crippen molar-refractivity contribution in [3.05, 3.63) is 89.3 Å². The van der Waals surface area contributed by atoms with Crippen LogP contribution in [0.3, 0.4) is 0 Å². The third-order valence-electron chi connectivity index (χ3n) is 4.87. The predicted octanol–water partition coefficient (Wildman–Crippen LogP) is 3.11. The Hall–Kier alpha value is -3.32. The molecule has 1 aromatic carbocycles. The topological polar surface area (TPSA) is 78.0 Å². The van der Waals surface area contributed by atoms with E-state index in [1.54, 1.807) is 30.8 Å². The van der Waals surface area contributed by atoms with Gasteiger partial charge >= 0.3 is 0 Å². The summed E-state index contributed by atoms with van der Waals surface area (Å²) in [4.78, 5) is 10.8. The minimum Gasteiger partial charge on any atom is -0.449 e. The molecule has 0 atom stereocenters. The van der Waals surface area contributed by atoms with Gasteiger partial charge in [0.2, 0.25) is 0 Å². The molecule has 2 N–H and O–H groups in total. The van der Waals surface area contributed by atoms with Gasteiger partial charge in [-0.3, -0.25) is 15.3 Å². The second-order valence-electron chi connectivity index (χ2n) is 7.04. The van der Waals surface area contributed by atoms with E-state index in [-0.39, 0.29) is 5.82 Å². The van der Waals surface area contributed by atoms with E-state index in [4.69, 9.17) is 9.83 Å². The molecule has 0 amide bonds. The molecule has 1 aliphatic rings. The summed E-state index contributed by atoms with van der Waals surface area (Å²) >= 11 is 0. The second-order valence-corrected chi connectivity index (χ2v) is 7.04. The first-order valence-corrected chi connectivity index (χ1v) is 9.44. The van der Waals surface area contributed by atoms with Crippen LogP contribution in [0.2, 0.25) is 0 Å². The second kappa shape index (κ2) is 8.36. The van der Waals surface area contributed by atoms with Gasteiger partial charge in [0.25, 0.3) is 0 Å². The van der Waals surface area contributed by atoms with Crippen molar-refractivity contribution in [3.63, 3.8) is 0 Å². The van der Waals surface area contributed by atoms with Crippen LogP contribution in [0, 0.1) is 11.2 Å². The molecular weight excluding hydrogens is 369 g/mol. The fourth-order valence-electron chi connectivity index (χ4n) is 3.43. The molecule has 6 nitrogen and oxygen atoms in total. The Balaban J connectivity index is 1.75. The average Bonchev–Trinajstić information content (AvgIpc) is 3.22. The maximum absolute atomic E-state index is 13.4. The number of likely N-dealkylation sites (N-methyl/N-ethyl adjacent to an activating group) is 1. The third-order valence-corrected chi connectivity index (χ3v) is 4.87. The predicted molar refractivity (Wildman–Crippen MR) is 109 cm³/mol. The molecule has 0 bridgehead atoms. The van der Waals surface area contributed by atoms with Crippen LogP contribution in [0.1, 0.15) is 22.7 Å². The Bertz CT molecular complexity index is 1030. The molecule has 0 aliphatic carbocycles. The van der Waals surface area contributed by atoms with Crippen molar-refractivity contribution in [1.82, 2.24) is 20.2 Å². The average molecular weight is 391 g/mol. The van der Waals surface area contributed by atoms with Gasteiger partial charge in [0.1, 0.15) is 12.1 Å². The quantitative estimate of drug-likeness (QED) is 0.654. The fourth-order valence-corrected chi connectivity index (χ4v) is 3.43. The van der Waals surface area contributed by atoms with Crippen molar-refractivity contribution < 1.29 is 8.81 Å². The lowest BCUT2D eigenvalue weighted by Crippen LogP contribution is -2.40. The maximum Gasteiger partial charge on any atom is 0.199 e. The normalized spacial score (nSPS) is 16.3. The summed E-state index contributed by atoms with van der Waals surface area (Å²) < 4.78 is 18.7. The van der Waals surface area contributed by atoms with Gasteiger partial charge in [0.15, 0.2) is 5.89 Å². The van der Waals surface area contributed by atoms with Crippen molar-refractivity contribution in [3.8, 4) is 0 Å². The van der Waals surface area contributed by atoms with E-state index in [0.29, 0.717) is 30.1 Å². The first-order chi connectivity index (χ1) is 14.1. The molecule has 1 aliphatic heterocycles. The minimum atomic E-state index is -0.316. The highest BCUT2D eigenvalue weighted by molar-refractivity contribution is 6.31. The van der Waals surface area contributed by atoms with E-state index < -0.39 is 0 Å². The zero-order valence-electron chi connectivity index (χ0n) is 16.2. The van der Waals surface area contributed by atoms with Crippen LogP contribution in [0.25, 0.3) is 5.57 Å². The zero-order valence-corrected chi connectivity index (χ0v) is 16.2. The number of nitrogens with zero attached hydrogens (tertiary/aromatic N) is 3. The Kier molecular flexibility index (Phi) is 5.48. The molecule has 0 saturated carbocycles. The molecular formula is C22H22FN5O. The lowest BCUT2D eigenvalue weighted by atomic mass is 9.93. The Morgan fingerprint density at radius 3 is 2.72 bits per heavy atom. The zero-order chi connectivity index (χ0) is 20.2. The van der Waals surface area contributed by atoms with Gasteiger partial charge in [0.05, 0.1) is 24.0 Å². The van der Waals surface area contributed by atoms with Crippen molar-refractivity contribution in [2.24, 2.45) is 0 Å². The SMILES string of the molecule is CN1CCN/C(=C(\C(=N)c2ccc(F)cc2)c2ccnc(Cc3ncco3)c2)C1. The number of nitrogens with one attached hydrogen (secondary N) is 2. The Morgan fingerprint density at radius 2 is 2.00 bits per heavy atom. The smallest absolute Gasteiger partial charge is 0.199 e. The summed E-state index contributed by atoms with van der Waals surface area (Å²) in [6.45, 7) is 2.45. The number of hydrogen-bond acceptors (Lipinski definition) is 6. The van der Waals surface area contributed by atoms with E-state index in [0.717, 1.165) is 35.6 Å². The van der Waals surface area contributed by atoms with E-state index in [9.17, 15) is 4.39 Å². The third kappa shape index (κ3) is 4.41. The first-order valence-electron chi connectivity index (χ1n) is 9.44. The van der Waals surface area contributed by atoms with Crippen LogP contribution >= 0.6 is 0 Å². The van der Waals surface area contributed by atoms with E-state index in [1.165, 1.54) is 12.1 Å². The van der Waals surface area contributed by atoms with Gasteiger partial charge < -0.3 is 9.73 Å². The van der Waals surface area contributed by atoms with Gasteiger partial charge in [-0.2, -0.15) is 0 Å². The number of hydrogen-bond donors (Lipinski definition) is 2. The summed E-state index contributed by atoms with van der Waals surface area (Å²) in [5, 5.41) is 12.3. The molecule has 0 spiro atoms. The lowest BCUT2D eigenvalue weighted by Gasteiger charge is -2.29. The highest BCUT2D eigenvalue weighted by Crippen LogP contribution is 2.25. The number of oxazole rings is 1. The summed E-state index contributed by atoms with van der Waals surface area (Å²) in [5.74, 6) is 0.274. The summed E-state index contributed by atoms with van der Waals surface area (Å²) in [5.41, 5.74) is 4.46. The molecule has 29 heavy (non-hydrogen) atoms. The molecule has 1 fully saturated rings. The molecule has 148 valence electrons. The number of benzene rings is 1. The summed E-state index contributed by atoms with van der Waals surface area (Å²) in [6.07, 6.45) is 5.36. The molecule has 7 heteroatoms. The molecule has 2 aromatic heterocycles. The maximum atomic E-state index is 13.4. The Labute approximate surface area is 168 Å². The van der Waals surface area contributed by atoms with E-state index in [2.05, 4.69) is 27.2 Å². The first kappa shape index (κ1) is 19.0. The van der Waals surface area contributed by atoms with Crippen LogP contribution in [-0.4, -0.2) is 47.3 Å². The van der Waals surface area contributed by atoms with Crippen LogP contribution in [-0.2, 0) is 6.42 Å². The lowest BCUT2D eigenvalue weighted by molar-refractivity contribution is 0.324. The minimum absolute atomic E-state index is 0.316. The molecule has 4 rings (SSSR count). The molecule has 0 radical (unpaired) electrons. The molecule has 0 unspecified atom stereocenters. The number of rotatable bonds is 5. The van der Waals surface area contributed by atoms with Crippen molar-refractivity contribution in [2.75, 3.05) is 26.7 Å². The highest BCUT2D eigenvalue weighted by Gasteiger charge is 2.21. The van der Waals surface area contributed by atoms with Gasteiger partial charge in [-0.1, -0.05) is 0 Å². The van der Waals surface area contributed by atoms with Crippen LogP contribution in [0.15, 0.2) is 65.2 Å². The molecule has 3 heterocycles. The van der Waals surface area contributed by atoms with Gasteiger partial charge in [0, 0.05) is 42.7 Å². The number of aromatic nitrogens is 2. The Morgan fingerprint density at radius 1 is 1.17 bits per heavy atom. The van der Waals surface area contributed by atoms with Crippen molar-refractivity contribution >= 4 is 11.3 Å². The van der Waals surface area contributed by atoms with Gasteiger partial charge in [-0.25, -0.2) is 9.37 Å². The number of halogens is 1. The van der Waals surface area contributed by atoms with E-state index in [1.807, 2.05) is 12.1 Å². The fraction of sp³-hybridized carbons (Fsp3) is 0.227. The summed E-state index contributed by atoms with van der Waals surface area (Å²) in [6, 6.07) is 9.90. The van der Waals surface area contributed by atoms with Crippen LogP contribution < -0.4 is 5.32 Å². The van der Waals surface area contributed by atoms with Crippen LogP contribution in [0.5, 0.6) is 0 Å². The largest absolute Gasteiger partial charge is 0.449 e. The molecule has 3 aromatic rings. The van der Waals surface area contributed by atoms with Crippen molar-refractivity contribution in [2.45, 2.75) is 6.42 Å². The highest BCUT2D eigenvalue weighted by atomic mass is 19.1. The number of allylic oxidation sites excluding steroid dienone is 1.